The molecule has 0 radical (unpaired) electrons. The van der Waals surface area contributed by atoms with Crippen LogP contribution < -0.4 is 0 Å². The molecule has 7 nitrogen and oxygen atoms in total. The van der Waals surface area contributed by atoms with Crippen LogP contribution in [0.2, 0.25) is 0 Å². The van der Waals surface area contributed by atoms with Crippen molar-refractivity contribution in [3.63, 3.8) is 0 Å². The molecule has 7 heteroatoms. The average molecular weight is 304 g/mol. The Morgan fingerprint density at radius 2 is 2.05 bits per heavy atom. The lowest BCUT2D eigenvalue weighted by Crippen LogP contribution is -2.34. The molecule has 3 heterocycles. The van der Waals surface area contributed by atoms with Gasteiger partial charge < -0.3 is 13.9 Å². The van der Waals surface area contributed by atoms with Gasteiger partial charge in [-0.2, -0.15) is 4.98 Å². The van der Waals surface area contributed by atoms with Crippen LogP contribution in [0.1, 0.15) is 60.5 Å². The van der Waals surface area contributed by atoms with Gasteiger partial charge in [0.25, 0.3) is 0 Å². The zero-order valence-electron chi connectivity index (χ0n) is 13.3. The molecule has 0 N–H and O–H groups in total. The number of carbonyl (C=O) groups is 1. The highest BCUT2D eigenvalue weighted by Gasteiger charge is 2.36. The number of hydrogen-bond donors (Lipinski definition) is 0. The molecule has 0 saturated carbocycles. The Hall–Kier alpha value is -2.18. The summed E-state index contributed by atoms with van der Waals surface area (Å²) in [5, 5.41) is 7.92. The minimum Gasteiger partial charge on any atom is -0.361 e. The number of aryl methyl sites for hydroxylation is 3. The van der Waals surface area contributed by atoms with Crippen molar-refractivity contribution in [1.82, 2.24) is 20.2 Å². The first-order chi connectivity index (χ1) is 10.5. The molecule has 2 atom stereocenters. The van der Waals surface area contributed by atoms with Gasteiger partial charge in [0, 0.05) is 19.0 Å². The molecular formula is C15H20N4O3. The van der Waals surface area contributed by atoms with E-state index in [-0.39, 0.29) is 17.9 Å². The second-order valence-corrected chi connectivity index (χ2v) is 5.82. The molecule has 0 aliphatic carbocycles. The average Bonchev–Trinajstić information content (AvgIpc) is 3.18. The third-order valence-corrected chi connectivity index (χ3v) is 4.27. The second-order valence-electron chi connectivity index (χ2n) is 5.82. The highest BCUT2D eigenvalue weighted by atomic mass is 16.5. The molecule has 0 aromatic carbocycles. The lowest BCUT2D eigenvalue weighted by molar-refractivity contribution is -0.133. The van der Waals surface area contributed by atoms with Crippen LogP contribution in [0.15, 0.2) is 9.05 Å². The molecule has 0 bridgehead atoms. The Balaban J connectivity index is 1.84. The zero-order valence-corrected chi connectivity index (χ0v) is 13.3. The van der Waals surface area contributed by atoms with Gasteiger partial charge in [0.2, 0.25) is 11.8 Å². The smallest absolute Gasteiger partial charge is 0.230 e. The standard InChI is InChI=1S/C15H20N4O3/c1-8(13-9(2)17-21-10(13)3)15(20)19-7-5-6-12(19)14-16-11(4)22-18-14/h8,12H,5-7H2,1-4H3/t8-,12+/m0/s1. The quantitative estimate of drug-likeness (QED) is 0.865. The molecule has 118 valence electrons. The minimum absolute atomic E-state index is 0.0550. The van der Waals surface area contributed by atoms with E-state index in [4.69, 9.17) is 9.05 Å². The summed E-state index contributed by atoms with van der Waals surface area (Å²) in [6.45, 7) is 8.06. The van der Waals surface area contributed by atoms with Crippen molar-refractivity contribution in [3.8, 4) is 0 Å². The van der Waals surface area contributed by atoms with Gasteiger partial charge in [-0.15, -0.1) is 0 Å². The first-order valence-corrected chi connectivity index (χ1v) is 7.52. The number of aromatic nitrogens is 3. The Morgan fingerprint density at radius 1 is 1.27 bits per heavy atom. The summed E-state index contributed by atoms with van der Waals surface area (Å²) < 4.78 is 10.2. The van der Waals surface area contributed by atoms with Crippen molar-refractivity contribution in [2.45, 2.75) is 52.5 Å². The predicted molar refractivity (Wildman–Crippen MR) is 77.1 cm³/mol. The fourth-order valence-corrected chi connectivity index (χ4v) is 3.23. The van der Waals surface area contributed by atoms with Crippen molar-refractivity contribution >= 4 is 5.91 Å². The van der Waals surface area contributed by atoms with Gasteiger partial charge in [-0.25, -0.2) is 0 Å². The Kier molecular flexibility index (Phi) is 3.72. The number of nitrogens with zero attached hydrogens (tertiary/aromatic N) is 4. The Labute approximate surface area is 128 Å². The van der Waals surface area contributed by atoms with Crippen molar-refractivity contribution in [2.24, 2.45) is 0 Å². The molecule has 1 aliphatic heterocycles. The topological polar surface area (TPSA) is 85.3 Å². The number of likely N-dealkylation sites (tertiary alicyclic amines) is 1. The first-order valence-electron chi connectivity index (χ1n) is 7.52. The lowest BCUT2D eigenvalue weighted by atomic mass is 9.97. The Bertz CT molecular complexity index is 671. The van der Waals surface area contributed by atoms with Crippen LogP contribution in [0.25, 0.3) is 0 Å². The van der Waals surface area contributed by atoms with E-state index >= 15 is 0 Å². The summed E-state index contributed by atoms with van der Waals surface area (Å²) in [7, 11) is 0. The van der Waals surface area contributed by atoms with E-state index in [2.05, 4.69) is 15.3 Å². The van der Waals surface area contributed by atoms with Crippen LogP contribution >= 0.6 is 0 Å². The molecule has 0 unspecified atom stereocenters. The van der Waals surface area contributed by atoms with E-state index in [1.807, 2.05) is 25.7 Å². The summed E-state index contributed by atoms with van der Waals surface area (Å²) in [4.78, 5) is 19.0. The van der Waals surface area contributed by atoms with Crippen LogP contribution in [0.3, 0.4) is 0 Å². The van der Waals surface area contributed by atoms with Crippen LogP contribution in [0, 0.1) is 20.8 Å². The fraction of sp³-hybridized carbons (Fsp3) is 0.600. The number of rotatable bonds is 3. The molecule has 1 aliphatic rings. The highest BCUT2D eigenvalue weighted by molar-refractivity contribution is 5.84. The maximum atomic E-state index is 12.9. The van der Waals surface area contributed by atoms with Gasteiger partial charge in [0.1, 0.15) is 5.76 Å². The molecule has 22 heavy (non-hydrogen) atoms. The molecule has 1 saturated heterocycles. The SMILES string of the molecule is Cc1nc([C@H]2CCCN2C(=O)[C@@H](C)c2c(C)noc2C)no1. The molecule has 1 fully saturated rings. The van der Waals surface area contributed by atoms with Gasteiger partial charge in [-0.3, -0.25) is 4.79 Å². The van der Waals surface area contributed by atoms with E-state index < -0.39 is 0 Å². The molecule has 3 rings (SSSR count). The third-order valence-electron chi connectivity index (χ3n) is 4.27. The van der Waals surface area contributed by atoms with Crippen molar-refractivity contribution in [1.29, 1.82) is 0 Å². The van der Waals surface area contributed by atoms with Gasteiger partial charge in [0.05, 0.1) is 17.7 Å². The maximum Gasteiger partial charge on any atom is 0.230 e. The van der Waals surface area contributed by atoms with Crippen LogP contribution in [-0.2, 0) is 4.79 Å². The highest BCUT2D eigenvalue weighted by Crippen LogP contribution is 2.34. The van der Waals surface area contributed by atoms with Gasteiger partial charge in [0.15, 0.2) is 5.82 Å². The number of carbonyl (C=O) groups excluding carboxylic acids is 1. The Morgan fingerprint density at radius 3 is 2.64 bits per heavy atom. The van der Waals surface area contributed by atoms with Gasteiger partial charge in [-0.1, -0.05) is 10.3 Å². The van der Waals surface area contributed by atoms with Crippen LogP contribution in [0.5, 0.6) is 0 Å². The van der Waals surface area contributed by atoms with E-state index in [0.29, 0.717) is 24.0 Å². The number of amides is 1. The summed E-state index contributed by atoms with van der Waals surface area (Å²) >= 11 is 0. The van der Waals surface area contributed by atoms with Crippen molar-refractivity contribution in [2.75, 3.05) is 6.54 Å². The van der Waals surface area contributed by atoms with E-state index in [1.54, 1.807) is 6.92 Å². The first kappa shape index (κ1) is 14.7. The summed E-state index contributed by atoms with van der Waals surface area (Å²) in [6.07, 6.45) is 1.80. The molecule has 0 spiro atoms. The number of hydrogen-bond acceptors (Lipinski definition) is 6. The minimum atomic E-state index is -0.292. The van der Waals surface area contributed by atoms with Gasteiger partial charge in [-0.05, 0) is 33.6 Å². The monoisotopic (exact) mass is 304 g/mol. The van der Waals surface area contributed by atoms with E-state index in [0.717, 1.165) is 24.1 Å². The van der Waals surface area contributed by atoms with Crippen molar-refractivity contribution < 1.29 is 13.8 Å². The summed E-state index contributed by atoms with van der Waals surface area (Å²) in [5.41, 5.74) is 1.64. The van der Waals surface area contributed by atoms with E-state index in [9.17, 15) is 4.79 Å². The summed E-state index contributed by atoms with van der Waals surface area (Å²) in [6, 6.07) is -0.104. The van der Waals surface area contributed by atoms with Gasteiger partial charge >= 0.3 is 0 Å². The normalized spacial score (nSPS) is 19.6. The predicted octanol–water partition coefficient (Wildman–Crippen LogP) is 2.45. The van der Waals surface area contributed by atoms with Crippen LogP contribution in [-0.4, -0.2) is 32.6 Å². The zero-order chi connectivity index (χ0) is 15.9. The molecule has 2 aromatic rings. The summed E-state index contributed by atoms with van der Waals surface area (Å²) in [5.74, 6) is 1.58. The lowest BCUT2D eigenvalue weighted by Gasteiger charge is -2.25. The maximum absolute atomic E-state index is 12.9. The molecular weight excluding hydrogens is 284 g/mol. The van der Waals surface area contributed by atoms with E-state index in [1.165, 1.54) is 0 Å². The molecule has 1 amide bonds. The third kappa shape index (κ3) is 2.40. The largest absolute Gasteiger partial charge is 0.361 e. The van der Waals surface area contributed by atoms with Crippen LogP contribution in [0.4, 0.5) is 0 Å². The van der Waals surface area contributed by atoms with Crippen molar-refractivity contribution in [3.05, 3.63) is 28.7 Å². The second kappa shape index (κ2) is 5.55. The fourth-order valence-electron chi connectivity index (χ4n) is 3.23. The molecule has 2 aromatic heterocycles.